The number of sulfonamides is 1. The van der Waals surface area contributed by atoms with Crippen molar-refractivity contribution in [3.63, 3.8) is 0 Å². The van der Waals surface area contributed by atoms with Crippen LogP contribution in [0.3, 0.4) is 0 Å². The van der Waals surface area contributed by atoms with Crippen LogP contribution in [0.2, 0.25) is 0 Å². The number of halogens is 1. The summed E-state index contributed by atoms with van der Waals surface area (Å²) in [5.74, 6) is -0.359. The average molecular weight is 413 g/mol. The summed E-state index contributed by atoms with van der Waals surface area (Å²) < 4.78 is 40.2. The van der Waals surface area contributed by atoms with Crippen molar-refractivity contribution >= 4 is 27.1 Å². The second kappa shape index (κ2) is 7.67. The lowest BCUT2D eigenvalue weighted by Crippen LogP contribution is -2.32. The first kappa shape index (κ1) is 19.9. The summed E-state index contributed by atoms with van der Waals surface area (Å²) in [6.07, 6.45) is 0.213. The standard InChI is InChI=1S/C18H21FN2O4S2/c1-11-3-8-14-16(10-26-18(14)17(11)20-23)27(24,25)21(2)9-15(22)12-4-6-13(19)7-5-12/h4-7,10-11,15,22-23H,3,8-9H2,1-2H3/b20-17-. The van der Waals surface area contributed by atoms with E-state index in [-0.39, 0.29) is 17.4 Å². The number of aliphatic hydroxyl groups is 1. The van der Waals surface area contributed by atoms with Crippen LogP contribution in [0.15, 0.2) is 39.7 Å². The SMILES string of the molecule is CC1CCc2c(S(=O)(=O)N(C)CC(O)c3ccc(F)cc3)csc2/C1=N\O. The van der Waals surface area contributed by atoms with E-state index in [2.05, 4.69) is 5.16 Å². The summed E-state index contributed by atoms with van der Waals surface area (Å²) in [6, 6.07) is 5.30. The second-order valence-corrected chi connectivity index (χ2v) is 9.58. The minimum absolute atomic E-state index is 0.0646. The van der Waals surface area contributed by atoms with E-state index in [1.807, 2.05) is 6.92 Å². The molecule has 0 saturated heterocycles. The highest BCUT2D eigenvalue weighted by Gasteiger charge is 2.33. The predicted octanol–water partition coefficient (Wildman–Crippen LogP) is 3.00. The monoisotopic (exact) mass is 412 g/mol. The minimum atomic E-state index is -3.82. The normalized spacial score (nSPS) is 20.0. The van der Waals surface area contributed by atoms with Gasteiger partial charge in [0.15, 0.2) is 0 Å². The Morgan fingerprint density at radius 1 is 1.37 bits per heavy atom. The van der Waals surface area contributed by atoms with Gasteiger partial charge in [-0.25, -0.2) is 12.8 Å². The van der Waals surface area contributed by atoms with Gasteiger partial charge in [-0.2, -0.15) is 4.31 Å². The highest BCUT2D eigenvalue weighted by atomic mass is 32.2. The van der Waals surface area contributed by atoms with Gasteiger partial charge in [0.05, 0.1) is 21.6 Å². The Kier molecular flexibility index (Phi) is 5.66. The molecule has 0 aliphatic heterocycles. The van der Waals surface area contributed by atoms with E-state index in [1.54, 1.807) is 5.38 Å². The van der Waals surface area contributed by atoms with E-state index in [4.69, 9.17) is 0 Å². The summed E-state index contributed by atoms with van der Waals surface area (Å²) in [5, 5.41) is 24.5. The zero-order valence-corrected chi connectivity index (χ0v) is 16.6. The average Bonchev–Trinajstić information content (AvgIpc) is 3.06. The molecule has 146 valence electrons. The van der Waals surface area contributed by atoms with E-state index in [0.717, 1.165) is 4.31 Å². The summed E-state index contributed by atoms with van der Waals surface area (Å²) in [5.41, 5.74) is 1.61. The first-order chi connectivity index (χ1) is 12.8. The van der Waals surface area contributed by atoms with Gasteiger partial charge in [0.25, 0.3) is 0 Å². The molecular formula is C18H21FN2O4S2. The van der Waals surface area contributed by atoms with Crippen LogP contribution < -0.4 is 0 Å². The molecule has 27 heavy (non-hydrogen) atoms. The highest BCUT2D eigenvalue weighted by molar-refractivity contribution is 7.89. The van der Waals surface area contributed by atoms with E-state index >= 15 is 0 Å². The lowest BCUT2D eigenvalue weighted by Gasteiger charge is -2.23. The van der Waals surface area contributed by atoms with E-state index in [1.165, 1.54) is 42.6 Å². The van der Waals surface area contributed by atoms with Crippen LogP contribution in [0.25, 0.3) is 0 Å². The van der Waals surface area contributed by atoms with Crippen molar-refractivity contribution in [2.24, 2.45) is 11.1 Å². The van der Waals surface area contributed by atoms with Crippen molar-refractivity contribution in [2.75, 3.05) is 13.6 Å². The molecule has 3 rings (SSSR count). The molecule has 2 atom stereocenters. The molecular weight excluding hydrogens is 391 g/mol. The third-order valence-corrected chi connectivity index (χ3v) is 7.95. The molecule has 0 saturated carbocycles. The molecule has 0 bridgehead atoms. The lowest BCUT2D eigenvalue weighted by molar-refractivity contribution is 0.155. The number of aliphatic hydroxyl groups excluding tert-OH is 1. The quantitative estimate of drug-likeness (QED) is 0.584. The van der Waals surface area contributed by atoms with Crippen LogP contribution in [-0.2, 0) is 16.4 Å². The smallest absolute Gasteiger partial charge is 0.244 e. The van der Waals surface area contributed by atoms with Crippen LogP contribution in [0, 0.1) is 11.7 Å². The number of likely N-dealkylation sites (N-methyl/N-ethyl adjacent to an activating group) is 1. The van der Waals surface area contributed by atoms with Gasteiger partial charge in [-0.1, -0.05) is 24.2 Å². The molecule has 0 spiro atoms. The number of thiophene rings is 1. The van der Waals surface area contributed by atoms with Crippen molar-refractivity contribution in [3.05, 3.63) is 51.5 Å². The second-order valence-electron chi connectivity index (χ2n) is 6.69. The van der Waals surface area contributed by atoms with Gasteiger partial charge in [0, 0.05) is 24.9 Å². The zero-order chi connectivity index (χ0) is 19.8. The fourth-order valence-electron chi connectivity index (χ4n) is 3.20. The minimum Gasteiger partial charge on any atom is -0.411 e. The Morgan fingerprint density at radius 2 is 2.04 bits per heavy atom. The van der Waals surface area contributed by atoms with Gasteiger partial charge in [-0.3, -0.25) is 0 Å². The fraction of sp³-hybridized carbons (Fsp3) is 0.389. The molecule has 1 heterocycles. The van der Waals surface area contributed by atoms with Crippen LogP contribution >= 0.6 is 11.3 Å². The highest BCUT2D eigenvalue weighted by Crippen LogP contribution is 2.36. The van der Waals surface area contributed by atoms with Crippen LogP contribution in [0.1, 0.15) is 35.5 Å². The molecule has 0 radical (unpaired) electrons. The number of oxime groups is 1. The Balaban J connectivity index is 1.85. The van der Waals surface area contributed by atoms with Gasteiger partial charge >= 0.3 is 0 Å². The number of fused-ring (bicyclic) bond motifs is 1. The molecule has 2 N–H and O–H groups in total. The van der Waals surface area contributed by atoms with Gasteiger partial charge in [-0.15, -0.1) is 11.3 Å². The molecule has 0 fully saturated rings. The molecule has 1 aromatic carbocycles. The maximum Gasteiger partial charge on any atom is 0.244 e. The van der Waals surface area contributed by atoms with Crippen molar-refractivity contribution in [1.82, 2.24) is 4.31 Å². The molecule has 0 amide bonds. The molecule has 2 aromatic rings. The number of benzene rings is 1. The van der Waals surface area contributed by atoms with Crippen LogP contribution in [-0.4, -0.2) is 42.3 Å². The van der Waals surface area contributed by atoms with Gasteiger partial charge in [0.2, 0.25) is 10.0 Å². The first-order valence-electron chi connectivity index (χ1n) is 8.48. The molecule has 2 unspecified atom stereocenters. The van der Waals surface area contributed by atoms with Crippen LogP contribution in [0.4, 0.5) is 4.39 Å². The van der Waals surface area contributed by atoms with Gasteiger partial charge < -0.3 is 10.3 Å². The Bertz CT molecular complexity index is 954. The van der Waals surface area contributed by atoms with E-state index < -0.39 is 21.9 Å². The maximum atomic E-state index is 13.0. The van der Waals surface area contributed by atoms with Crippen molar-refractivity contribution in [3.8, 4) is 0 Å². The fourth-order valence-corrected chi connectivity index (χ4v) is 6.17. The number of hydrogen-bond donors (Lipinski definition) is 2. The topological polar surface area (TPSA) is 90.2 Å². The maximum absolute atomic E-state index is 13.0. The molecule has 1 aliphatic carbocycles. The molecule has 9 heteroatoms. The third-order valence-electron chi connectivity index (χ3n) is 4.86. The summed E-state index contributed by atoms with van der Waals surface area (Å²) in [7, 11) is -2.42. The van der Waals surface area contributed by atoms with Crippen molar-refractivity contribution < 1.29 is 23.1 Å². The number of hydrogen-bond acceptors (Lipinski definition) is 6. The van der Waals surface area contributed by atoms with E-state index in [0.29, 0.717) is 34.6 Å². The predicted molar refractivity (Wildman–Crippen MR) is 101 cm³/mol. The van der Waals surface area contributed by atoms with Gasteiger partial charge in [-0.05, 0) is 36.1 Å². The molecule has 1 aliphatic rings. The number of nitrogens with zero attached hydrogens (tertiary/aromatic N) is 2. The Hall–Kier alpha value is -1.81. The molecule has 6 nitrogen and oxygen atoms in total. The van der Waals surface area contributed by atoms with Crippen molar-refractivity contribution in [2.45, 2.75) is 30.8 Å². The summed E-state index contributed by atoms with van der Waals surface area (Å²) in [6.45, 7) is 1.78. The number of rotatable bonds is 5. The summed E-state index contributed by atoms with van der Waals surface area (Å²) in [4.78, 5) is 0.881. The third kappa shape index (κ3) is 3.77. The molecule has 1 aromatic heterocycles. The largest absolute Gasteiger partial charge is 0.411 e. The Labute approximate surface area is 161 Å². The van der Waals surface area contributed by atoms with Gasteiger partial charge in [0.1, 0.15) is 5.82 Å². The summed E-state index contributed by atoms with van der Waals surface area (Å²) >= 11 is 1.25. The zero-order valence-electron chi connectivity index (χ0n) is 15.0. The Morgan fingerprint density at radius 3 is 2.67 bits per heavy atom. The van der Waals surface area contributed by atoms with E-state index in [9.17, 15) is 23.1 Å². The van der Waals surface area contributed by atoms with Crippen LogP contribution in [0.5, 0.6) is 0 Å². The van der Waals surface area contributed by atoms with Crippen molar-refractivity contribution in [1.29, 1.82) is 0 Å². The lowest BCUT2D eigenvalue weighted by atomic mass is 9.89. The first-order valence-corrected chi connectivity index (χ1v) is 10.8.